The Labute approximate surface area is 329 Å². The van der Waals surface area contributed by atoms with Crippen LogP contribution in [0.4, 0.5) is 0 Å². The average molecular weight is 968 g/mol. The van der Waals surface area contributed by atoms with Crippen molar-refractivity contribution in [2.24, 2.45) is 0 Å². The molecule has 3 aliphatic heterocycles. The van der Waals surface area contributed by atoms with E-state index in [2.05, 4.69) is 118 Å². The molecule has 0 spiro atoms. The monoisotopic (exact) mass is 966 g/mol. The van der Waals surface area contributed by atoms with Crippen LogP contribution in [-0.2, 0) is 57.6 Å². The van der Waals surface area contributed by atoms with Crippen LogP contribution in [0.1, 0.15) is 0 Å². The maximum absolute atomic E-state index is 6.30. The standard InChI is InChI=1S/C10H30O5Si5.C8H24O4Si4.C5H20O5Si5/c1-16(2)11-17(3,4)13-19(7,8)15-20(9,10)14-18(5,6)12-16;1-13(2)9-14(3,4)11-16(7,8)12-15(5,6)10-13;1-11-6-12(2)8-14(4)10-15(5)9-13(3)7-11/h1-10H3;1-8H3;11-15H,1-5H3. The van der Waals surface area contributed by atoms with E-state index in [1.165, 1.54) is 0 Å². The molecule has 0 aromatic heterocycles. The molecule has 0 aromatic carbocycles. The molecule has 3 heterocycles. The van der Waals surface area contributed by atoms with Crippen molar-refractivity contribution in [3.63, 3.8) is 0 Å². The highest BCUT2D eigenvalue weighted by Crippen LogP contribution is 2.32. The SMILES string of the molecule is C[SiH]1O[SiH](C)O[SiH](C)O[SiH](C)O[SiH](C)O1.C[Si]1(C)O[Si](C)(C)O[Si](C)(C)O[Si](C)(C)O1.C[Si]1(C)O[Si](C)(C)O[Si](C)(C)O[Si](C)(C)O[Si](C)(C)O1. The van der Waals surface area contributed by atoms with Crippen LogP contribution in [0.3, 0.4) is 0 Å². The summed E-state index contributed by atoms with van der Waals surface area (Å²) in [4.78, 5) is 0. The predicted molar refractivity (Wildman–Crippen MR) is 238 cm³/mol. The number of hydrogen-bond acceptors (Lipinski definition) is 14. The van der Waals surface area contributed by atoms with Gasteiger partial charge in [-0.2, -0.15) is 0 Å². The van der Waals surface area contributed by atoms with Gasteiger partial charge in [0.15, 0.2) is 0 Å². The van der Waals surface area contributed by atoms with E-state index in [0.717, 1.165) is 0 Å². The van der Waals surface area contributed by atoms with E-state index >= 15 is 0 Å². The Morgan fingerprint density at radius 3 is 0.353 bits per heavy atom. The zero-order valence-electron chi connectivity index (χ0n) is 36.1. The van der Waals surface area contributed by atoms with Crippen molar-refractivity contribution in [1.29, 1.82) is 0 Å². The first-order valence-electron chi connectivity index (χ1n) is 17.9. The second kappa shape index (κ2) is 19.0. The highest BCUT2D eigenvalue weighted by molar-refractivity contribution is 6.94. The minimum absolute atomic E-state index is 1.53. The highest BCUT2D eigenvalue weighted by Gasteiger charge is 2.52. The molecule has 0 saturated carbocycles. The zero-order valence-corrected chi connectivity index (χ0v) is 50.9. The first kappa shape index (κ1) is 51.5. The Balaban J connectivity index is 0.000000387. The molecule has 0 radical (unpaired) electrons. The van der Waals surface area contributed by atoms with Crippen molar-refractivity contribution in [2.45, 2.75) is 151 Å². The molecule has 0 aromatic rings. The van der Waals surface area contributed by atoms with Crippen molar-refractivity contribution < 1.29 is 57.6 Å². The van der Waals surface area contributed by atoms with Gasteiger partial charge in [-0.15, -0.1) is 0 Å². The molecule has 3 aliphatic rings. The predicted octanol–water partition coefficient (Wildman–Crippen LogP) is 5.80. The van der Waals surface area contributed by atoms with Crippen LogP contribution in [0, 0.1) is 0 Å². The summed E-state index contributed by atoms with van der Waals surface area (Å²) < 4.78 is 84.9. The van der Waals surface area contributed by atoms with Gasteiger partial charge in [0.1, 0.15) is 0 Å². The summed E-state index contributed by atoms with van der Waals surface area (Å²) in [7, 11) is -27.4. The Hall–Kier alpha value is 2.48. The molecular formula is C23H74O14Si14. The summed E-state index contributed by atoms with van der Waals surface area (Å²) in [5.41, 5.74) is 0. The highest BCUT2D eigenvalue weighted by atomic mass is 28.5. The van der Waals surface area contributed by atoms with Gasteiger partial charge in [-0.3, -0.25) is 0 Å². The third-order valence-electron chi connectivity index (χ3n) is 6.34. The first-order valence-corrected chi connectivity index (χ1v) is 53.8. The van der Waals surface area contributed by atoms with Gasteiger partial charge in [0.2, 0.25) is 0 Å². The lowest BCUT2D eigenvalue weighted by Gasteiger charge is -2.46. The molecule has 14 nitrogen and oxygen atoms in total. The molecule has 0 bridgehead atoms. The van der Waals surface area contributed by atoms with E-state index in [4.69, 9.17) is 57.6 Å². The minimum Gasteiger partial charge on any atom is -0.420 e. The van der Waals surface area contributed by atoms with Gasteiger partial charge in [-0.1, -0.05) is 0 Å². The Bertz CT molecular complexity index is 871. The molecule has 0 aliphatic carbocycles. The van der Waals surface area contributed by atoms with E-state index in [1.54, 1.807) is 0 Å². The summed E-state index contributed by atoms with van der Waals surface area (Å²) in [5, 5.41) is 0. The molecular weight excluding hydrogens is 893 g/mol. The lowest BCUT2D eigenvalue weighted by Crippen LogP contribution is -2.64. The molecule has 0 unspecified atom stereocenters. The second-order valence-corrected chi connectivity index (χ2v) is 60.7. The molecule has 51 heavy (non-hydrogen) atoms. The average Bonchev–Trinajstić information content (AvgIpc) is 2.68. The zero-order chi connectivity index (χ0) is 40.3. The van der Waals surface area contributed by atoms with Crippen LogP contribution in [0.15, 0.2) is 0 Å². The van der Waals surface area contributed by atoms with Crippen LogP contribution in [0.25, 0.3) is 0 Å². The van der Waals surface area contributed by atoms with Gasteiger partial charge in [0.25, 0.3) is 46.4 Å². The maximum atomic E-state index is 6.30. The Morgan fingerprint density at radius 1 is 0.196 bits per heavy atom. The van der Waals surface area contributed by atoms with Crippen molar-refractivity contribution in [3.05, 3.63) is 0 Å². The third kappa shape index (κ3) is 22.9. The van der Waals surface area contributed by atoms with E-state index < -0.39 is 123 Å². The van der Waals surface area contributed by atoms with Gasteiger partial charge in [-0.25, -0.2) is 0 Å². The van der Waals surface area contributed by atoms with Crippen molar-refractivity contribution >= 4 is 123 Å². The first-order chi connectivity index (χ1) is 22.3. The number of hydrogen-bond donors (Lipinski definition) is 0. The lowest BCUT2D eigenvalue weighted by molar-refractivity contribution is 0.236. The summed E-state index contributed by atoms with van der Waals surface area (Å²) >= 11 is 0. The molecule has 3 rings (SSSR count). The summed E-state index contributed by atoms with van der Waals surface area (Å²) in [6.45, 7) is 47.6. The van der Waals surface area contributed by atoms with Crippen LogP contribution >= 0.6 is 0 Å². The fourth-order valence-electron chi connectivity index (χ4n) is 7.02. The Morgan fingerprint density at radius 2 is 0.275 bits per heavy atom. The van der Waals surface area contributed by atoms with Crippen LogP contribution in [-0.4, -0.2) is 123 Å². The molecule has 3 saturated heterocycles. The molecule has 0 atom stereocenters. The van der Waals surface area contributed by atoms with Crippen LogP contribution < -0.4 is 0 Å². The minimum atomic E-state index is -2.26. The van der Waals surface area contributed by atoms with Gasteiger partial charge in [-0.05, 0) is 151 Å². The molecule has 3 fully saturated rings. The summed E-state index contributed by atoms with van der Waals surface area (Å²) in [6, 6.07) is 0. The summed E-state index contributed by atoms with van der Waals surface area (Å²) in [5.74, 6) is 0. The third-order valence-corrected chi connectivity index (χ3v) is 57.1. The number of rotatable bonds is 0. The van der Waals surface area contributed by atoms with Crippen LogP contribution in [0.2, 0.25) is 151 Å². The topological polar surface area (TPSA) is 129 Å². The smallest absolute Gasteiger partial charge is 0.314 e. The van der Waals surface area contributed by atoms with Gasteiger partial charge in [0, 0.05) is 0 Å². The van der Waals surface area contributed by atoms with E-state index in [9.17, 15) is 0 Å². The van der Waals surface area contributed by atoms with Crippen LogP contribution in [0.5, 0.6) is 0 Å². The van der Waals surface area contributed by atoms with Crippen molar-refractivity contribution in [2.75, 3.05) is 0 Å². The second-order valence-electron chi connectivity index (χ2n) is 17.0. The molecule has 0 amide bonds. The fourth-order valence-corrected chi connectivity index (χ4v) is 69.5. The fraction of sp³-hybridized carbons (Fsp3) is 1.00. The lowest BCUT2D eigenvalue weighted by atomic mass is 11.9. The largest absolute Gasteiger partial charge is 0.420 e. The van der Waals surface area contributed by atoms with Gasteiger partial charge < -0.3 is 57.6 Å². The maximum Gasteiger partial charge on any atom is 0.314 e. The van der Waals surface area contributed by atoms with Gasteiger partial charge in [0.05, 0.1) is 0 Å². The van der Waals surface area contributed by atoms with Gasteiger partial charge >= 0.3 is 77.0 Å². The molecule has 28 heteroatoms. The molecule has 306 valence electrons. The van der Waals surface area contributed by atoms with Crippen molar-refractivity contribution in [3.8, 4) is 0 Å². The molecule has 0 N–H and O–H groups in total. The Kier molecular flexibility index (Phi) is 19.2. The van der Waals surface area contributed by atoms with E-state index in [-0.39, 0.29) is 0 Å². The van der Waals surface area contributed by atoms with E-state index in [0.29, 0.717) is 0 Å². The van der Waals surface area contributed by atoms with Crippen molar-refractivity contribution in [1.82, 2.24) is 0 Å². The quantitative estimate of drug-likeness (QED) is 0.272. The summed E-state index contributed by atoms with van der Waals surface area (Å²) in [6.07, 6.45) is 0. The normalized spacial score (nSPS) is 35.5. The van der Waals surface area contributed by atoms with E-state index in [1.807, 2.05) is 32.7 Å².